The van der Waals surface area contributed by atoms with Crippen LogP contribution in [0.3, 0.4) is 0 Å². The number of carbonyl (C=O) groups excluding carboxylic acids is 1. The molecule has 9 heteroatoms. The van der Waals surface area contributed by atoms with Crippen LogP contribution in [0.4, 0.5) is 4.39 Å². The lowest BCUT2D eigenvalue weighted by Crippen LogP contribution is -2.30. The van der Waals surface area contributed by atoms with Gasteiger partial charge in [0, 0.05) is 6.20 Å². The maximum atomic E-state index is 13.8. The number of benzene rings is 1. The lowest BCUT2D eigenvalue weighted by molar-refractivity contribution is -0.137. The predicted octanol–water partition coefficient (Wildman–Crippen LogP) is 2.52. The largest absolute Gasteiger partial charge is 0.481 e. The smallest absolute Gasteiger partial charge is 0.316 e. The summed E-state index contributed by atoms with van der Waals surface area (Å²) in [6.45, 7) is 1.81. The SMILES string of the molecule is Cc1ccccc1C(CC(=O)O)NC(=O)c1nc(-c2ccncc2F)no1. The number of aromatic nitrogens is 3. The third-order valence-electron chi connectivity index (χ3n) is 3.88. The van der Waals surface area contributed by atoms with Gasteiger partial charge in [0.05, 0.1) is 24.2 Å². The molecule has 1 amide bonds. The van der Waals surface area contributed by atoms with E-state index in [1.54, 1.807) is 12.1 Å². The van der Waals surface area contributed by atoms with Crippen LogP contribution in [0.25, 0.3) is 11.4 Å². The second-order valence-electron chi connectivity index (χ2n) is 5.76. The van der Waals surface area contributed by atoms with Crippen LogP contribution in [0.2, 0.25) is 0 Å². The molecule has 3 rings (SSSR count). The van der Waals surface area contributed by atoms with Crippen LogP contribution >= 0.6 is 0 Å². The van der Waals surface area contributed by atoms with Crippen molar-refractivity contribution in [2.24, 2.45) is 0 Å². The first-order chi connectivity index (χ1) is 13.0. The Morgan fingerprint density at radius 1 is 1.30 bits per heavy atom. The summed E-state index contributed by atoms with van der Waals surface area (Å²) < 4.78 is 18.7. The molecule has 2 N–H and O–H groups in total. The van der Waals surface area contributed by atoms with Crippen molar-refractivity contribution >= 4 is 11.9 Å². The highest BCUT2D eigenvalue weighted by Gasteiger charge is 2.24. The predicted molar refractivity (Wildman–Crippen MR) is 91.1 cm³/mol. The fraction of sp³-hybridized carbons (Fsp3) is 0.167. The molecule has 0 saturated heterocycles. The standard InChI is InChI=1S/C18H15FN4O4/c1-10-4-2-3-5-11(10)14(8-15(24)25)21-17(26)18-22-16(23-27-18)12-6-7-20-9-13(12)19/h2-7,9,14H,8H2,1H3,(H,21,26)(H,24,25). The van der Waals surface area contributed by atoms with Gasteiger partial charge in [-0.05, 0) is 24.1 Å². The molecule has 8 nitrogen and oxygen atoms in total. The summed E-state index contributed by atoms with van der Waals surface area (Å²) in [6.07, 6.45) is 2.03. The van der Waals surface area contributed by atoms with E-state index in [2.05, 4.69) is 20.4 Å². The number of aryl methyl sites for hydroxylation is 1. The van der Waals surface area contributed by atoms with Crippen molar-refractivity contribution in [3.05, 3.63) is 65.6 Å². The second kappa shape index (κ2) is 7.73. The molecule has 0 spiro atoms. The maximum Gasteiger partial charge on any atom is 0.316 e. The summed E-state index contributed by atoms with van der Waals surface area (Å²) in [7, 11) is 0. The molecular formula is C18H15FN4O4. The molecule has 0 aliphatic rings. The van der Waals surface area contributed by atoms with Gasteiger partial charge in [-0.2, -0.15) is 4.98 Å². The van der Waals surface area contributed by atoms with Crippen molar-refractivity contribution in [2.75, 3.05) is 0 Å². The van der Waals surface area contributed by atoms with Crippen molar-refractivity contribution in [1.29, 1.82) is 0 Å². The number of aliphatic carboxylic acids is 1. The van der Waals surface area contributed by atoms with E-state index in [-0.39, 0.29) is 17.8 Å². The third kappa shape index (κ3) is 4.14. The topological polar surface area (TPSA) is 118 Å². The average Bonchev–Trinajstić information content (AvgIpc) is 3.11. The van der Waals surface area contributed by atoms with Gasteiger partial charge in [-0.15, -0.1) is 0 Å². The zero-order chi connectivity index (χ0) is 19.4. The van der Waals surface area contributed by atoms with E-state index in [1.807, 2.05) is 19.1 Å². The average molecular weight is 370 g/mol. The number of carbonyl (C=O) groups is 2. The quantitative estimate of drug-likeness (QED) is 0.684. The van der Waals surface area contributed by atoms with Crippen LogP contribution in [0.1, 0.15) is 34.3 Å². The summed E-state index contributed by atoms with van der Waals surface area (Å²) in [6, 6.07) is 7.67. The molecule has 0 aliphatic carbocycles. The Hall–Kier alpha value is -3.62. The van der Waals surface area contributed by atoms with Crippen LogP contribution in [0, 0.1) is 12.7 Å². The molecule has 0 fully saturated rings. The number of nitrogens with one attached hydrogen (secondary N) is 1. The van der Waals surface area contributed by atoms with Gasteiger partial charge in [0.2, 0.25) is 5.82 Å². The Balaban J connectivity index is 1.83. The number of hydrogen-bond donors (Lipinski definition) is 2. The van der Waals surface area contributed by atoms with Gasteiger partial charge < -0.3 is 14.9 Å². The van der Waals surface area contributed by atoms with Crippen LogP contribution in [-0.4, -0.2) is 32.1 Å². The zero-order valence-corrected chi connectivity index (χ0v) is 14.2. The van der Waals surface area contributed by atoms with Crippen LogP contribution in [0.15, 0.2) is 47.2 Å². The molecule has 3 aromatic rings. The number of carboxylic acid groups (broad SMARTS) is 1. The lowest BCUT2D eigenvalue weighted by Gasteiger charge is -2.18. The Bertz CT molecular complexity index is 989. The number of rotatable bonds is 6. The number of carboxylic acids is 1. The van der Waals surface area contributed by atoms with Gasteiger partial charge in [0.1, 0.15) is 0 Å². The Labute approximate surface area is 153 Å². The maximum absolute atomic E-state index is 13.8. The van der Waals surface area contributed by atoms with Gasteiger partial charge in [0.15, 0.2) is 5.82 Å². The van der Waals surface area contributed by atoms with E-state index in [0.29, 0.717) is 5.56 Å². The highest BCUT2D eigenvalue weighted by molar-refractivity contribution is 5.90. The van der Waals surface area contributed by atoms with E-state index in [9.17, 15) is 14.0 Å². The summed E-state index contributed by atoms with van der Waals surface area (Å²) in [5.41, 5.74) is 1.52. The zero-order valence-electron chi connectivity index (χ0n) is 14.2. The first kappa shape index (κ1) is 18.2. The highest BCUT2D eigenvalue weighted by Crippen LogP contribution is 2.22. The molecule has 1 aromatic carbocycles. The normalized spacial score (nSPS) is 11.8. The van der Waals surface area contributed by atoms with Crippen LogP contribution in [-0.2, 0) is 4.79 Å². The van der Waals surface area contributed by atoms with E-state index < -0.39 is 29.6 Å². The van der Waals surface area contributed by atoms with E-state index in [4.69, 9.17) is 9.63 Å². The van der Waals surface area contributed by atoms with Gasteiger partial charge >= 0.3 is 17.8 Å². The minimum absolute atomic E-state index is 0.0359. The second-order valence-corrected chi connectivity index (χ2v) is 5.76. The number of nitrogens with zero attached hydrogens (tertiary/aromatic N) is 3. The molecule has 1 atom stereocenters. The van der Waals surface area contributed by atoms with Crippen molar-refractivity contribution in [2.45, 2.75) is 19.4 Å². The molecule has 2 aromatic heterocycles. The number of pyridine rings is 1. The summed E-state index contributed by atoms with van der Waals surface area (Å²) in [5, 5.41) is 15.3. The lowest BCUT2D eigenvalue weighted by atomic mass is 9.99. The van der Waals surface area contributed by atoms with Gasteiger partial charge in [0.25, 0.3) is 0 Å². The Morgan fingerprint density at radius 2 is 2.07 bits per heavy atom. The van der Waals surface area contributed by atoms with Crippen molar-refractivity contribution in [3.63, 3.8) is 0 Å². The first-order valence-electron chi connectivity index (χ1n) is 7.97. The molecule has 0 aliphatic heterocycles. The fourth-order valence-electron chi connectivity index (χ4n) is 2.59. The molecule has 27 heavy (non-hydrogen) atoms. The molecule has 1 unspecified atom stereocenters. The highest BCUT2D eigenvalue weighted by atomic mass is 19.1. The molecule has 138 valence electrons. The fourth-order valence-corrected chi connectivity index (χ4v) is 2.59. The third-order valence-corrected chi connectivity index (χ3v) is 3.88. The van der Waals surface area contributed by atoms with Crippen molar-refractivity contribution in [3.8, 4) is 11.4 Å². The van der Waals surface area contributed by atoms with E-state index in [1.165, 1.54) is 12.3 Å². The molecule has 0 bridgehead atoms. The number of hydrogen-bond acceptors (Lipinski definition) is 6. The number of amides is 1. The minimum Gasteiger partial charge on any atom is -0.481 e. The van der Waals surface area contributed by atoms with Crippen molar-refractivity contribution < 1.29 is 23.6 Å². The van der Waals surface area contributed by atoms with Gasteiger partial charge in [-0.3, -0.25) is 14.6 Å². The summed E-state index contributed by atoms with van der Waals surface area (Å²) >= 11 is 0. The minimum atomic E-state index is -1.08. The molecule has 2 heterocycles. The van der Waals surface area contributed by atoms with Crippen molar-refractivity contribution in [1.82, 2.24) is 20.4 Å². The van der Waals surface area contributed by atoms with Gasteiger partial charge in [-0.1, -0.05) is 29.4 Å². The van der Waals surface area contributed by atoms with Crippen LogP contribution < -0.4 is 5.32 Å². The van der Waals surface area contributed by atoms with Crippen LogP contribution in [0.5, 0.6) is 0 Å². The van der Waals surface area contributed by atoms with E-state index >= 15 is 0 Å². The van der Waals surface area contributed by atoms with Gasteiger partial charge in [-0.25, -0.2) is 4.39 Å². The monoisotopic (exact) mass is 370 g/mol. The summed E-state index contributed by atoms with van der Waals surface area (Å²) in [4.78, 5) is 31.1. The molecular weight excluding hydrogens is 355 g/mol. The summed E-state index contributed by atoms with van der Waals surface area (Å²) in [5.74, 6) is -2.99. The Morgan fingerprint density at radius 3 is 2.78 bits per heavy atom. The Kier molecular flexibility index (Phi) is 5.20. The molecule has 0 radical (unpaired) electrons. The molecule has 0 saturated carbocycles. The first-order valence-corrected chi connectivity index (χ1v) is 7.97. The number of halogens is 1. The van der Waals surface area contributed by atoms with E-state index in [0.717, 1.165) is 11.8 Å².